The maximum Gasteiger partial charge on any atom is 0.338 e. The highest BCUT2D eigenvalue weighted by molar-refractivity contribution is 5.91. The molecule has 0 aliphatic carbocycles. The molecule has 0 radical (unpaired) electrons. The van der Waals surface area contributed by atoms with Gasteiger partial charge in [0.2, 0.25) is 0 Å². The number of carbonyl (C=O) groups excluding carboxylic acids is 1. The summed E-state index contributed by atoms with van der Waals surface area (Å²) in [6, 6.07) is 5.58. The molecule has 1 aromatic carbocycles. The SMILES string of the molecule is CCc1cc(C(=O)OC)c(C)cc1C#N. The number of aryl methyl sites for hydroxylation is 2. The molecule has 0 saturated heterocycles. The van der Waals surface area contributed by atoms with Crippen LogP contribution < -0.4 is 0 Å². The highest BCUT2D eigenvalue weighted by Crippen LogP contribution is 2.17. The fourth-order valence-corrected chi connectivity index (χ4v) is 1.48. The average molecular weight is 203 g/mol. The molecule has 0 aromatic heterocycles. The number of nitrogens with zero attached hydrogens (tertiary/aromatic N) is 1. The predicted molar refractivity (Wildman–Crippen MR) is 56.6 cm³/mol. The largest absolute Gasteiger partial charge is 0.465 e. The molecule has 1 aromatic rings. The summed E-state index contributed by atoms with van der Waals surface area (Å²) in [6.45, 7) is 3.75. The number of methoxy groups -OCH3 is 1. The number of ether oxygens (including phenoxy) is 1. The van der Waals surface area contributed by atoms with Gasteiger partial charge in [0, 0.05) is 0 Å². The van der Waals surface area contributed by atoms with Gasteiger partial charge in [0.15, 0.2) is 0 Å². The normalized spacial score (nSPS) is 9.47. The van der Waals surface area contributed by atoms with E-state index in [2.05, 4.69) is 10.8 Å². The first-order valence-corrected chi connectivity index (χ1v) is 4.76. The molecule has 0 atom stereocenters. The third-order valence-electron chi connectivity index (χ3n) is 2.36. The van der Waals surface area contributed by atoms with E-state index in [1.807, 2.05) is 6.92 Å². The Kier molecular flexibility index (Phi) is 3.46. The van der Waals surface area contributed by atoms with Gasteiger partial charge in [-0.1, -0.05) is 6.92 Å². The zero-order chi connectivity index (χ0) is 11.4. The van der Waals surface area contributed by atoms with Gasteiger partial charge in [0.05, 0.1) is 24.3 Å². The fraction of sp³-hybridized carbons (Fsp3) is 0.333. The first kappa shape index (κ1) is 11.3. The second-order valence-corrected chi connectivity index (χ2v) is 3.28. The number of hydrogen-bond acceptors (Lipinski definition) is 3. The van der Waals surface area contributed by atoms with Gasteiger partial charge < -0.3 is 4.74 Å². The van der Waals surface area contributed by atoms with E-state index in [0.29, 0.717) is 11.1 Å². The number of esters is 1. The van der Waals surface area contributed by atoms with Crippen LogP contribution in [0, 0.1) is 18.3 Å². The molecule has 0 aliphatic rings. The Morgan fingerprint density at radius 1 is 1.53 bits per heavy atom. The van der Waals surface area contributed by atoms with Crippen LogP contribution in [0.25, 0.3) is 0 Å². The van der Waals surface area contributed by atoms with E-state index in [9.17, 15) is 4.79 Å². The van der Waals surface area contributed by atoms with Gasteiger partial charge in [-0.3, -0.25) is 0 Å². The van der Waals surface area contributed by atoms with Crippen molar-refractivity contribution in [2.24, 2.45) is 0 Å². The highest BCUT2D eigenvalue weighted by atomic mass is 16.5. The van der Waals surface area contributed by atoms with E-state index < -0.39 is 0 Å². The first-order valence-electron chi connectivity index (χ1n) is 4.76. The lowest BCUT2D eigenvalue weighted by Gasteiger charge is -2.07. The minimum Gasteiger partial charge on any atom is -0.465 e. The van der Waals surface area contributed by atoms with E-state index in [1.165, 1.54) is 7.11 Å². The molecule has 3 nitrogen and oxygen atoms in total. The number of hydrogen-bond donors (Lipinski definition) is 0. The molecule has 1 rings (SSSR count). The Morgan fingerprint density at radius 2 is 2.20 bits per heavy atom. The van der Waals surface area contributed by atoms with Crippen molar-refractivity contribution in [3.63, 3.8) is 0 Å². The van der Waals surface area contributed by atoms with Gasteiger partial charge in [-0.15, -0.1) is 0 Å². The average Bonchev–Trinajstić information content (AvgIpc) is 2.27. The minimum atomic E-state index is -0.355. The van der Waals surface area contributed by atoms with Gasteiger partial charge in [-0.25, -0.2) is 4.79 Å². The van der Waals surface area contributed by atoms with Gasteiger partial charge in [0.25, 0.3) is 0 Å². The molecule has 15 heavy (non-hydrogen) atoms. The molecule has 0 fully saturated rings. The van der Waals surface area contributed by atoms with Crippen LogP contribution in [-0.4, -0.2) is 13.1 Å². The van der Waals surface area contributed by atoms with Gasteiger partial charge in [-0.05, 0) is 36.6 Å². The molecule has 0 aliphatic heterocycles. The van der Waals surface area contributed by atoms with Crippen molar-refractivity contribution in [1.82, 2.24) is 0 Å². The molecule has 3 heteroatoms. The molecule has 78 valence electrons. The second kappa shape index (κ2) is 4.61. The fourth-order valence-electron chi connectivity index (χ4n) is 1.48. The number of benzene rings is 1. The maximum atomic E-state index is 11.4. The quantitative estimate of drug-likeness (QED) is 0.692. The molecule has 0 unspecified atom stereocenters. The summed E-state index contributed by atoms with van der Waals surface area (Å²) in [4.78, 5) is 11.4. The minimum absolute atomic E-state index is 0.355. The van der Waals surface area contributed by atoms with Crippen LogP contribution in [0.2, 0.25) is 0 Å². The summed E-state index contributed by atoms with van der Waals surface area (Å²) in [5, 5.41) is 8.89. The molecule has 0 bridgehead atoms. The lowest BCUT2D eigenvalue weighted by Crippen LogP contribution is -2.05. The van der Waals surface area contributed by atoms with E-state index >= 15 is 0 Å². The summed E-state index contributed by atoms with van der Waals surface area (Å²) in [6.07, 6.45) is 0.729. The first-order chi connectivity index (χ1) is 7.13. The monoisotopic (exact) mass is 203 g/mol. The van der Waals surface area contributed by atoms with Crippen LogP contribution in [0.4, 0.5) is 0 Å². The zero-order valence-electron chi connectivity index (χ0n) is 9.13. The smallest absolute Gasteiger partial charge is 0.338 e. The van der Waals surface area contributed by atoms with Crippen LogP contribution in [0.15, 0.2) is 12.1 Å². The Balaban J connectivity index is 3.33. The molecule has 0 amide bonds. The predicted octanol–water partition coefficient (Wildman–Crippen LogP) is 2.22. The summed E-state index contributed by atoms with van der Waals surface area (Å²) >= 11 is 0. The van der Waals surface area contributed by atoms with Crippen molar-refractivity contribution in [3.05, 3.63) is 34.4 Å². The van der Waals surface area contributed by atoms with Crippen molar-refractivity contribution in [2.75, 3.05) is 7.11 Å². The molecule has 0 saturated carbocycles. The molecule has 0 N–H and O–H groups in total. The van der Waals surface area contributed by atoms with Crippen molar-refractivity contribution in [2.45, 2.75) is 20.3 Å². The molecule has 0 heterocycles. The van der Waals surface area contributed by atoms with Crippen LogP contribution in [0.5, 0.6) is 0 Å². The second-order valence-electron chi connectivity index (χ2n) is 3.28. The molecular formula is C12H13NO2. The van der Waals surface area contributed by atoms with E-state index in [-0.39, 0.29) is 5.97 Å². The van der Waals surface area contributed by atoms with E-state index in [4.69, 9.17) is 5.26 Å². The highest BCUT2D eigenvalue weighted by Gasteiger charge is 2.12. The van der Waals surface area contributed by atoms with Crippen molar-refractivity contribution < 1.29 is 9.53 Å². The van der Waals surface area contributed by atoms with Gasteiger partial charge in [0.1, 0.15) is 0 Å². The molecule has 0 spiro atoms. The summed E-state index contributed by atoms with van der Waals surface area (Å²) in [7, 11) is 1.35. The lowest BCUT2D eigenvalue weighted by atomic mass is 9.98. The number of nitriles is 1. The van der Waals surface area contributed by atoms with Crippen molar-refractivity contribution >= 4 is 5.97 Å². The van der Waals surface area contributed by atoms with Crippen molar-refractivity contribution in [1.29, 1.82) is 5.26 Å². The van der Waals surface area contributed by atoms with Crippen LogP contribution in [0.1, 0.15) is 34.0 Å². The Bertz CT molecular complexity index is 430. The van der Waals surface area contributed by atoms with Gasteiger partial charge in [-0.2, -0.15) is 5.26 Å². The standard InChI is InChI=1S/C12H13NO2/c1-4-9-6-11(12(14)15-3)8(2)5-10(9)7-13/h5-6H,4H2,1-3H3. The Labute approximate surface area is 89.3 Å². The van der Waals surface area contributed by atoms with Crippen molar-refractivity contribution in [3.8, 4) is 6.07 Å². The topological polar surface area (TPSA) is 50.1 Å². The molecular weight excluding hydrogens is 190 g/mol. The van der Waals surface area contributed by atoms with Crippen LogP contribution in [-0.2, 0) is 11.2 Å². The van der Waals surface area contributed by atoms with Crippen LogP contribution in [0.3, 0.4) is 0 Å². The third-order valence-corrected chi connectivity index (χ3v) is 2.36. The maximum absolute atomic E-state index is 11.4. The zero-order valence-corrected chi connectivity index (χ0v) is 9.13. The summed E-state index contributed by atoms with van der Waals surface area (Å²) in [5.74, 6) is -0.355. The number of rotatable bonds is 2. The van der Waals surface area contributed by atoms with Gasteiger partial charge >= 0.3 is 5.97 Å². The summed E-state index contributed by atoms with van der Waals surface area (Å²) in [5.41, 5.74) is 2.81. The Morgan fingerprint density at radius 3 is 2.67 bits per heavy atom. The number of carbonyl (C=O) groups is 1. The van der Waals surface area contributed by atoms with E-state index in [0.717, 1.165) is 17.5 Å². The van der Waals surface area contributed by atoms with Crippen LogP contribution >= 0.6 is 0 Å². The third kappa shape index (κ3) is 2.16. The van der Waals surface area contributed by atoms with E-state index in [1.54, 1.807) is 19.1 Å². The lowest BCUT2D eigenvalue weighted by molar-refractivity contribution is 0.0600. The summed E-state index contributed by atoms with van der Waals surface area (Å²) < 4.78 is 4.67. The Hall–Kier alpha value is -1.82.